The first-order chi connectivity index (χ1) is 9.09. The third-order valence-corrected chi connectivity index (χ3v) is 3.03. The second-order valence-corrected chi connectivity index (χ2v) is 5.25. The van der Waals surface area contributed by atoms with Crippen molar-refractivity contribution in [3.63, 3.8) is 0 Å². The topological polar surface area (TPSA) is 23.8 Å². The maximum absolute atomic E-state index is 8.75. The highest BCUT2D eigenvalue weighted by atomic mass is 14.2. The Morgan fingerprint density at radius 1 is 1.05 bits per heavy atom. The molecule has 94 valence electrons. The molecule has 0 fully saturated rings. The summed E-state index contributed by atoms with van der Waals surface area (Å²) in [5, 5.41) is 8.75. The first-order valence-corrected chi connectivity index (χ1v) is 6.36. The third-order valence-electron chi connectivity index (χ3n) is 3.03. The molecule has 1 aromatic rings. The quantitative estimate of drug-likeness (QED) is 0.746. The molecule has 0 bridgehead atoms. The Morgan fingerprint density at radius 3 is 2.47 bits per heavy atom. The van der Waals surface area contributed by atoms with Crippen LogP contribution in [0, 0.1) is 16.7 Å². The van der Waals surface area contributed by atoms with E-state index in [4.69, 9.17) is 5.26 Å². The summed E-state index contributed by atoms with van der Waals surface area (Å²) in [5.41, 5.74) is 3.07. The van der Waals surface area contributed by atoms with Gasteiger partial charge in [0.2, 0.25) is 0 Å². The van der Waals surface area contributed by atoms with Crippen molar-refractivity contribution < 1.29 is 0 Å². The van der Waals surface area contributed by atoms with Crippen LogP contribution in [0.15, 0.2) is 66.3 Å². The molecule has 1 aromatic carbocycles. The van der Waals surface area contributed by atoms with Crippen molar-refractivity contribution in [2.45, 2.75) is 13.8 Å². The van der Waals surface area contributed by atoms with Crippen LogP contribution in [0.25, 0.3) is 6.08 Å². The minimum absolute atomic E-state index is 0.112. The van der Waals surface area contributed by atoms with Crippen molar-refractivity contribution in [1.82, 2.24) is 0 Å². The molecule has 0 atom stereocenters. The van der Waals surface area contributed by atoms with Gasteiger partial charge in [-0.15, -0.1) is 0 Å². The number of hydrogen-bond donors (Lipinski definition) is 0. The molecule has 1 heteroatoms. The van der Waals surface area contributed by atoms with Crippen molar-refractivity contribution >= 4 is 6.08 Å². The van der Waals surface area contributed by atoms with Gasteiger partial charge in [-0.3, -0.25) is 0 Å². The number of nitriles is 1. The fourth-order valence-electron chi connectivity index (χ4n) is 1.80. The molecule has 1 nitrogen and oxygen atoms in total. The van der Waals surface area contributed by atoms with Crippen LogP contribution in [0.3, 0.4) is 0 Å². The maximum Gasteiger partial charge on any atom is 0.0991 e. The Morgan fingerprint density at radius 2 is 1.79 bits per heavy atom. The van der Waals surface area contributed by atoms with Gasteiger partial charge in [0.1, 0.15) is 0 Å². The highest BCUT2D eigenvalue weighted by Gasteiger charge is 2.09. The number of hydrogen-bond acceptors (Lipinski definition) is 1. The van der Waals surface area contributed by atoms with Gasteiger partial charge in [-0.2, -0.15) is 5.26 Å². The fraction of sp³-hybridized carbons (Fsp3) is 0.167. The maximum atomic E-state index is 8.75. The van der Waals surface area contributed by atoms with E-state index in [1.165, 1.54) is 5.57 Å². The van der Waals surface area contributed by atoms with Crippen LogP contribution in [0.2, 0.25) is 0 Å². The van der Waals surface area contributed by atoms with E-state index in [-0.39, 0.29) is 5.41 Å². The van der Waals surface area contributed by atoms with E-state index in [9.17, 15) is 0 Å². The summed E-state index contributed by atoms with van der Waals surface area (Å²) < 4.78 is 0. The minimum Gasteiger partial charge on any atom is -0.192 e. The van der Waals surface area contributed by atoms with Crippen LogP contribution < -0.4 is 0 Å². The number of benzene rings is 1. The Labute approximate surface area is 114 Å². The highest BCUT2D eigenvalue weighted by molar-refractivity contribution is 5.56. The summed E-state index contributed by atoms with van der Waals surface area (Å²) in [7, 11) is 0. The highest BCUT2D eigenvalue weighted by Crippen LogP contribution is 2.23. The smallest absolute Gasteiger partial charge is 0.0991 e. The molecule has 0 aromatic heterocycles. The molecule has 0 heterocycles. The van der Waals surface area contributed by atoms with Gasteiger partial charge < -0.3 is 0 Å². The van der Waals surface area contributed by atoms with E-state index in [0.717, 1.165) is 5.56 Å². The molecule has 0 saturated carbocycles. The molecule has 2 rings (SSSR count). The lowest BCUT2D eigenvalue weighted by Gasteiger charge is -2.12. The lowest BCUT2D eigenvalue weighted by atomic mass is 9.93. The SMILES string of the molecule is CC1(C)C=CC=C(/C=C/c2ccc(C#N)cc2)C=C1. The standard InChI is InChI=1S/C18H17N/c1-18(2)12-3-4-15(11-13-18)5-6-16-7-9-17(14-19)10-8-16/h3-13H,1-2H3/b6-5+. The van der Waals surface area contributed by atoms with Crippen LogP contribution in [-0.2, 0) is 0 Å². The largest absolute Gasteiger partial charge is 0.192 e. The lowest BCUT2D eigenvalue weighted by Crippen LogP contribution is -2.00. The minimum atomic E-state index is 0.112. The summed E-state index contributed by atoms with van der Waals surface area (Å²) in [6, 6.07) is 9.70. The van der Waals surface area contributed by atoms with Gasteiger partial charge in [-0.25, -0.2) is 0 Å². The lowest BCUT2D eigenvalue weighted by molar-refractivity contribution is 0.627. The van der Waals surface area contributed by atoms with Crippen LogP contribution in [-0.4, -0.2) is 0 Å². The van der Waals surface area contributed by atoms with E-state index in [1.807, 2.05) is 24.3 Å². The van der Waals surface area contributed by atoms with Crippen molar-refractivity contribution in [2.75, 3.05) is 0 Å². The molecule has 0 radical (unpaired) electrons. The van der Waals surface area contributed by atoms with Crippen LogP contribution >= 0.6 is 0 Å². The van der Waals surface area contributed by atoms with Gasteiger partial charge in [0, 0.05) is 5.41 Å². The summed E-state index contributed by atoms with van der Waals surface area (Å²) in [6.45, 7) is 4.36. The van der Waals surface area contributed by atoms with E-state index in [0.29, 0.717) is 5.56 Å². The molecule has 0 unspecified atom stereocenters. The van der Waals surface area contributed by atoms with Gasteiger partial charge in [0.25, 0.3) is 0 Å². The molecule has 1 aliphatic carbocycles. The Kier molecular flexibility index (Phi) is 3.82. The molecule has 0 amide bonds. The van der Waals surface area contributed by atoms with E-state index < -0.39 is 0 Å². The van der Waals surface area contributed by atoms with Crippen molar-refractivity contribution in [3.05, 3.63) is 77.4 Å². The second kappa shape index (κ2) is 5.54. The second-order valence-electron chi connectivity index (χ2n) is 5.25. The fourth-order valence-corrected chi connectivity index (χ4v) is 1.80. The van der Waals surface area contributed by atoms with Crippen molar-refractivity contribution in [3.8, 4) is 6.07 Å². The molecule has 0 N–H and O–H groups in total. The molecule has 0 aliphatic heterocycles. The summed E-state index contributed by atoms with van der Waals surface area (Å²) in [4.78, 5) is 0. The zero-order valence-corrected chi connectivity index (χ0v) is 11.3. The monoisotopic (exact) mass is 247 g/mol. The van der Waals surface area contributed by atoms with E-state index in [1.54, 1.807) is 0 Å². The zero-order chi connectivity index (χ0) is 13.7. The average molecular weight is 247 g/mol. The Balaban J connectivity index is 2.13. The van der Waals surface area contributed by atoms with Gasteiger partial charge >= 0.3 is 0 Å². The molecule has 0 spiro atoms. The molecular formula is C18H17N. The van der Waals surface area contributed by atoms with Crippen LogP contribution in [0.4, 0.5) is 0 Å². The van der Waals surface area contributed by atoms with Gasteiger partial charge in [0.15, 0.2) is 0 Å². The summed E-state index contributed by atoms with van der Waals surface area (Å²) in [5.74, 6) is 0. The van der Waals surface area contributed by atoms with Crippen LogP contribution in [0.5, 0.6) is 0 Å². The normalized spacial score (nSPS) is 17.0. The van der Waals surface area contributed by atoms with E-state index in [2.05, 4.69) is 62.4 Å². The van der Waals surface area contributed by atoms with Crippen molar-refractivity contribution in [2.24, 2.45) is 5.41 Å². The van der Waals surface area contributed by atoms with Crippen LogP contribution in [0.1, 0.15) is 25.0 Å². The van der Waals surface area contributed by atoms with Gasteiger partial charge in [-0.1, -0.05) is 68.5 Å². The number of allylic oxidation sites excluding steroid dienone is 7. The summed E-state index contributed by atoms with van der Waals surface area (Å²) >= 11 is 0. The van der Waals surface area contributed by atoms with E-state index >= 15 is 0 Å². The first kappa shape index (κ1) is 13.1. The Bertz CT molecular complexity index is 602. The predicted octanol–water partition coefficient (Wildman–Crippen LogP) is 4.65. The third kappa shape index (κ3) is 3.82. The average Bonchev–Trinajstić information content (AvgIpc) is 2.58. The molecule has 0 saturated heterocycles. The zero-order valence-electron chi connectivity index (χ0n) is 11.3. The molecular weight excluding hydrogens is 230 g/mol. The van der Waals surface area contributed by atoms with Crippen molar-refractivity contribution in [1.29, 1.82) is 5.26 Å². The number of rotatable bonds is 2. The molecule has 1 aliphatic rings. The first-order valence-electron chi connectivity index (χ1n) is 6.36. The predicted molar refractivity (Wildman–Crippen MR) is 80.3 cm³/mol. The Hall–Kier alpha value is -2.33. The van der Waals surface area contributed by atoms with Gasteiger partial charge in [0.05, 0.1) is 11.6 Å². The number of nitrogens with zero attached hydrogens (tertiary/aromatic N) is 1. The van der Waals surface area contributed by atoms with Gasteiger partial charge in [-0.05, 0) is 23.3 Å². The molecule has 19 heavy (non-hydrogen) atoms. The summed E-state index contributed by atoms with van der Waals surface area (Å²) in [6.07, 6.45) is 14.9.